The predicted octanol–water partition coefficient (Wildman–Crippen LogP) is 1.12. The molecule has 1 aromatic rings. The lowest BCUT2D eigenvalue weighted by Gasteiger charge is -2.36. The standard InChI is InChI=1S/C16H28N6/c1-14(21-9-7-20(2)8-10-21)12-17-15-11-16(19-13-18-15)22-5-3-4-6-22/h11,13-14H,3-10,12H2,1-2H3,(H,17,18,19). The van der Waals surface area contributed by atoms with Crippen molar-refractivity contribution in [3.8, 4) is 0 Å². The van der Waals surface area contributed by atoms with Crippen molar-refractivity contribution in [2.75, 3.05) is 63.1 Å². The van der Waals surface area contributed by atoms with Gasteiger partial charge in [0.1, 0.15) is 18.0 Å². The molecule has 2 aliphatic heterocycles. The molecule has 2 fully saturated rings. The average molecular weight is 304 g/mol. The molecule has 0 saturated carbocycles. The molecule has 1 unspecified atom stereocenters. The molecule has 6 nitrogen and oxygen atoms in total. The summed E-state index contributed by atoms with van der Waals surface area (Å²) in [7, 11) is 2.20. The van der Waals surface area contributed by atoms with Crippen molar-refractivity contribution in [3.63, 3.8) is 0 Å². The van der Waals surface area contributed by atoms with Gasteiger partial charge in [0.15, 0.2) is 0 Å². The van der Waals surface area contributed by atoms with Gasteiger partial charge in [-0.25, -0.2) is 9.97 Å². The van der Waals surface area contributed by atoms with Crippen molar-refractivity contribution in [1.29, 1.82) is 0 Å². The summed E-state index contributed by atoms with van der Waals surface area (Å²) in [6, 6.07) is 2.61. The Kier molecular flexibility index (Phi) is 5.10. The van der Waals surface area contributed by atoms with E-state index in [-0.39, 0.29) is 0 Å². The summed E-state index contributed by atoms with van der Waals surface area (Å²) < 4.78 is 0. The quantitative estimate of drug-likeness (QED) is 0.880. The molecule has 3 heterocycles. The summed E-state index contributed by atoms with van der Waals surface area (Å²) in [6.45, 7) is 10.1. The van der Waals surface area contributed by atoms with Crippen LogP contribution in [0.1, 0.15) is 19.8 Å². The van der Waals surface area contributed by atoms with Crippen molar-refractivity contribution in [3.05, 3.63) is 12.4 Å². The van der Waals surface area contributed by atoms with Gasteiger partial charge < -0.3 is 15.1 Å². The zero-order valence-electron chi connectivity index (χ0n) is 13.8. The molecule has 1 atom stereocenters. The van der Waals surface area contributed by atoms with Crippen LogP contribution in [0.15, 0.2) is 12.4 Å². The van der Waals surface area contributed by atoms with E-state index in [1.807, 2.05) is 0 Å². The maximum Gasteiger partial charge on any atom is 0.134 e. The number of anilines is 2. The molecule has 0 aliphatic carbocycles. The molecule has 0 spiro atoms. The Hall–Kier alpha value is -1.40. The van der Waals surface area contributed by atoms with Crippen molar-refractivity contribution < 1.29 is 0 Å². The smallest absolute Gasteiger partial charge is 0.134 e. The Morgan fingerprint density at radius 3 is 2.55 bits per heavy atom. The molecule has 122 valence electrons. The summed E-state index contributed by atoms with van der Waals surface area (Å²) in [5.41, 5.74) is 0. The first-order valence-corrected chi connectivity index (χ1v) is 8.46. The average Bonchev–Trinajstić information content (AvgIpc) is 3.08. The molecule has 1 aromatic heterocycles. The number of hydrogen-bond donors (Lipinski definition) is 1. The minimum Gasteiger partial charge on any atom is -0.368 e. The molecule has 0 amide bonds. The van der Waals surface area contributed by atoms with Gasteiger partial charge >= 0.3 is 0 Å². The summed E-state index contributed by atoms with van der Waals surface area (Å²) in [4.78, 5) is 16.1. The molecule has 3 rings (SSSR count). The van der Waals surface area contributed by atoms with Gasteiger partial charge in [-0.15, -0.1) is 0 Å². The maximum atomic E-state index is 4.41. The zero-order chi connectivity index (χ0) is 15.4. The highest BCUT2D eigenvalue weighted by Crippen LogP contribution is 2.19. The Morgan fingerprint density at radius 1 is 1.09 bits per heavy atom. The summed E-state index contributed by atoms with van der Waals surface area (Å²) in [5.74, 6) is 2.00. The van der Waals surface area contributed by atoms with Crippen LogP contribution in [0.5, 0.6) is 0 Å². The van der Waals surface area contributed by atoms with Crippen molar-refractivity contribution in [2.45, 2.75) is 25.8 Å². The van der Waals surface area contributed by atoms with Crippen LogP contribution < -0.4 is 10.2 Å². The number of hydrogen-bond acceptors (Lipinski definition) is 6. The lowest BCUT2D eigenvalue weighted by atomic mass is 10.2. The van der Waals surface area contributed by atoms with Crippen LogP contribution in [0.3, 0.4) is 0 Å². The number of rotatable bonds is 5. The summed E-state index contributed by atoms with van der Waals surface area (Å²) in [6.07, 6.45) is 4.22. The minimum absolute atomic E-state index is 0.527. The highest BCUT2D eigenvalue weighted by Gasteiger charge is 2.19. The van der Waals surface area contributed by atoms with Crippen LogP contribution >= 0.6 is 0 Å². The molecule has 2 aliphatic rings. The first-order chi connectivity index (χ1) is 10.7. The second-order valence-corrected chi connectivity index (χ2v) is 6.52. The molecule has 0 radical (unpaired) electrons. The molecule has 2 saturated heterocycles. The van der Waals surface area contributed by atoms with Gasteiger partial charge in [0.05, 0.1) is 0 Å². The number of nitrogens with zero attached hydrogens (tertiary/aromatic N) is 5. The lowest BCUT2D eigenvalue weighted by molar-refractivity contribution is 0.123. The topological polar surface area (TPSA) is 47.5 Å². The van der Waals surface area contributed by atoms with Crippen LogP contribution in [0, 0.1) is 0 Å². The molecule has 0 aromatic carbocycles. The largest absolute Gasteiger partial charge is 0.368 e. The van der Waals surface area contributed by atoms with E-state index in [0.717, 1.165) is 57.4 Å². The molecule has 1 N–H and O–H groups in total. The van der Waals surface area contributed by atoms with Gasteiger partial charge in [0, 0.05) is 57.9 Å². The van der Waals surface area contributed by atoms with Crippen molar-refractivity contribution in [1.82, 2.24) is 19.8 Å². The van der Waals surface area contributed by atoms with E-state index >= 15 is 0 Å². The second-order valence-electron chi connectivity index (χ2n) is 6.52. The fraction of sp³-hybridized carbons (Fsp3) is 0.750. The first-order valence-electron chi connectivity index (χ1n) is 8.46. The van der Waals surface area contributed by atoms with Crippen LogP contribution in [0.2, 0.25) is 0 Å². The fourth-order valence-electron chi connectivity index (χ4n) is 3.21. The second kappa shape index (κ2) is 7.24. The van der Waals surface area contributed by atoms with Gasteiger partial charge in [0.2, 0.25) is 0 Å². The van der Waals surface area contributed by atoms with E-state index in [2.05, 4.69) is 50.0 Å². The van der Waals surface area contributed by atoms with Crippen LogP contribution in [0.4, 0.5) is 11.6 Å². The Morgan fingerprint density at radius 2 is 1.82 bits per heavy atom. The monoisotopic (exact) mass is 304 g/mol. The third-order valence-corrected chi connectivity index (χ3v) is 4.82. The van der Waals surface area contributed by atoms with E-state index in [4.69, 9.17) is 0 Å². The lowest BCUT2D eigenvalue weighted by Crippen LogP contribution is -2.49. The summed E-state index contributed by atoms with van der Waals surface area (Å²) >= 11 is 0. The van der Waals surface area contributed by atoms with Gasteiger partial charge in [-0.3, -0.25) is 4.90 Å². The third kappa shape index (κ3) is 3.87. The normalized spacial score (nSPS) is 22.0. The van der Waals surface area contributed by atoms with E-state index in [9.17, 15) is 0 Å². The number of aromatic nitrogens is 2. The van der Waals surface area contributed by atoms with Gasteiger partial charge in [0.25, 0.3) is 0 Å². The molecule has 0 bridgehead atoms. The van der Waals surface area contributed by atoms with Gasteiger partial charge in [-0.05, 0) is 26.8 Å². The third-order valence-electron chi connectivity index (χ3n) is 4.82. The summed E-state index contributed by atoms with van der Waals surface area (Å²) in [5, 5.41) is 3.48. The number of likely N-dealkylation sites (N-methyl/N-ethyl adjacent to an activating group) is 1. The number of piperazine rings is 1. The highest BCUT2D eigenvalue weighted by atomic mass is 15.3. The van der Waals surface area contributed by atoms with E-state index in [0.29, 0.717) is 6.04 Å². The molecular weight excluding hydrogens is 276 g/mol. The fourth-order valence-corrected chi connectivity index (χ4v) is 3.21. The van der Waals surface area contributed by atoms with Crippen molar-refractivity contribution in [2.24, 2.45) is 0 Å². The Bertz CT molecular complexity index is 465. The molecule has 22 heavy (non-hydrogen) atoms. The van der Waals surface area contributed by atoms with E-state index in [1.54, 1.807) is 6.33 Å². The maximum absolute atomic E-state index is 4.41. The SMILES string of the molecule is CC(CNc1cc(N2CCCC2)ncn1)N1CCN(C)CC1. The number of nitrogens with one attached hydrogen (secondary N) is 1. The van der Waals surface area contributed by atoms with Gasteiger partial charge in [-0.2, -0.15) is 0 Å². The zero-order valence-corrected chi connectivity index (χ0v) is 13.8. The van der Waals surface area contributed by atoms with Crippen molar-refractivity contribution >= 4 is 11.6 Å². The molecule has 6 heteroatoms. The van der Waals surface area contributed by atoms with Crippen LogP contribution in [0.25, 0.3) is 0 Å². The van der Waals surface area contributed by atoms with E-state index in [1.165, 1.54) is 12.8 Å². The van der Waals surface area contributed by atoms with Crippen LogP contribution in [-0.4, -0.2) is 78.7 Å². The van der Waals surface area contributed by atoms with Crippen LogP contribution in [-0.2, 0) is 0 Å². The highest BCUT2D eigenvalue weighted by molar-refractivity contribution is 5.48. The van der Waals surface area contributed by atoms with Gasteiger partial charge in [-0.1, -0.05) is 0 Å². The minimum atomic E-state index is 0.527. The predicted molar refractivity (Wildman–Crippen MR) is 90.5 cm³/mol. The Labute approximate surface area is 133 Å². The molecular formula is C16H28N6. The van der Waals surface area contributed by atoms with E-state index < -0.39 is 0 Å². The Balaban J connectivity index is 1.51. The first kappa shape index (κ1) is 15.5.